The molecular formula is C25H30B2N2O2. The highest BCUT2D eigenvalue weighted by atomic mass is 16.7. The Kier molecular flexibility index (Phi) is 4.83. The number of aryl methyl sites for hydroxylation is 1. The second-order valence-corrected chi connectivity index (χ2v) is 9.95. The molecule has 2 aliphatic rings. The van der Waals surface area contributed by atoms with Crippen LogP contribution in [0, 0.1) is 6.92 Å². The van der Waals surface area contributed by atoms with Gasteiger partial charge >= 0.3 is 14.1 Å². The number of nitrogens with one attached hydrogen (secondary N) is 2. The lowest BCUT2D eigenvalue weighted by Gasteiger charge is -2.32. The molecule has 0 aromatic heterocycles. The van der Waals surface area contributed by atoms with Crippen molar-refractivity contribution in [3.05, 3.63) is 71.8 Å². The van der Waals surface area contributed by atoms with Crippen LogP contribution in [0.1, 0.15) is 38.8 Å². The molecule has 3 aromatic carbocycles. The minimum absolute atomic E-state index is 0.0171. The zero-order valence-corrected chi connectivity index (χ0v) is 19.0. The summed E-state index contributed by atoms with van der Waals surface area (Å²) in [5, 5.41) is 9.98. The maximum atomic E-state index is 6.53. The zero-order valence-electron chi connectivity index (χ0n) is 19.0. The van der Waals surface area contributed by atoms with Gasteiger partial charge in [-0.1, -0.05) is 54.1 Å². The molecule has 5 rings (SSSR count). The largest absolute Gasteiger partial charge is 0.457 e. The van der Waals surface area contributed by atoms with E-state index >= 15 is 0 Å². The van der Waals surface area contributed by atoms with Gasteiger partial charge in [0.15, 0.2) is 0 Å². The van der Waals surface area contributed by atoms with Gasteiger partial charge in [-0.2, -0.15) is 0 Å². The number of anilines is 2. The van der Waals surface area contributed by atoms with Gasteiger partial charge in [0.1, 0.15) is 0 Å². The molecular weight excluding hydrogens is 382 g/mol. The van der Waals surface area contributed by atoms with Crippen LogP contribution in [0.5, 0.6) is 0 Å². The first-order valence-corrected chi connectivity index (χ1v) is 11.2. The molecule has 1 atom stereocenters. The summed E-state index contributed by atoms with van der Waals surface area (Å²) in [7, 11) is -0.319. The number of hydrogen-bond donors (Lipinski definition) is 2. The molecule has 0 aliphatic carbocycles. The Hall–Kier alpha value is -2.43. The summed E-state index contributed by atoms with van der Waals surface area (Å²) < 4.78 is 13.1. The highest BCUT2D eigenvalue weighted by molar-refractivity contribution is 6.80. The lowest BCUT2D eigenvalue weighted by molar-refractivity contribution is 0.00578. The van der Waals surface area contributed by atoms with E-state index < -0.39 is 0 Å². The molecule has 6 heteroatoms. The Labute approximate surface area is 186 Å². The Morgan fingerprint density at radius 3 is 1.90 bits per heavy atom. The first-order valence-electron chi connectivity index (χ1n) is 11.2. The molecule has 31 heavy (non-hydrogen) atoms. The van der Waals surface area contributed by atoms with Crippen molar-refractivity contribution >= 4 is 36.2 Å². The zero-order chi connectivity index (χ0) is 21.8. The summed E-state index contributed by atoms with van der Waals surface area (Å²) in [5.74, 6) is 0. The lowest BCUT2D eigenvalue weighted by atomic mass is 9.44. The predicted molar refractivity (Wildman–Crippen MR) is 132 cm³/mol. The fourth-order valence-electron chi connectivity index (χ4n) is 4.60. The van der Waals surface area contributed by atoms with Gasteiger partial charge in [-0.25, -0.2) is 0 Å². The molecule has 0 radical (unpaired) electrons. The summed E-state index contributed by atoms with van der Waals surface area (Å²) in [6, 6.07) is 21.6. The van der Waals surface area contributed by atoms with Gasteiger partial charge in [0.05, 0.1) is 11.2 Å². The van der Waals surface area contributed by atoms with Gasteiger partial charge in [0.2, 0.25) is 0 Å². The topological polar surface area (TPSA) is 42.5 Å². The highest BCUT2D eigenvalue weighted by Crippen LogP contribution is 2.43. The second kappa shape index (κ2) is 7.32. The minimum atomic E-state index is -0.365. The van der Waals surface area contributed by atoms with Crippen LogP contribution in [-0.2, 0) is 15.7 Å². The molecule has 1 saturated heterocycles. The SMILES string of the molecule is Cc1ccc(CC(B2Nc3cccc4cccc(c34)N2)B2OC(C)(C)C(C)(C)O2)cc1. The second-order valence-electron chi connectivity index (χ2n) is 9.95. The Morgan fingerprint density at radius 1 is 0.806 bits per heavy atom. The Balaban J connectivity index is 1.51. The van der Waals surface area contributed by atoms with E-state index in [0.29, 0.717) is 0 Å². The lowest BCUT2D eigenvalue weighted by Crippen LogP contribution is -2.49. The van der Waals surface area contributed by atoms with Crippen molar-refractivity contribution in [2.24, 2.45) is 0 Å². The molecule has 0 bridgehead atoms. The van der Waals surface area contributed by atoms with Crippen LogP contribution in [0.3, 0.4) is 0 Å². The molecule has 2 heterocycles. The van der Waals surface area contributed by atoms with E-state index in [-0.39, 0.29) is 31.0 Å². The highest BCUT2D eigenvalue weighted by Gasteiger charge is 2.56. The first kappa shape index (κ1) is 20.5. The molecule has 1 unspecified atom stereocenters. The minimum Gasteiger partial charge on any atom is -0.409 e. The number of benzene rings is 3. The third-order valence-electron chi connectivity index (χ3n) is 7.17. The van der Waals surface area contributed by atoms with Crippen LogP contribution >= 0.6 is 0 Å². The van der Waals surface area contributed by atoms with E-state index in [9.17, 15) is 0 Å². The van der Waals surface area contributed by atoms with Crippen LogP contribution in [0.25, 0.3) is 10.8 Å². The molecule has 2 N–H and O–H groups in total. The monoisotopic (exact) mass is 412 g/mol. The average molecular weight is 412 g/mol. The van der Waals surface area contributed by atoms with Gasteiger partial charge in [-0.3, -0.25) is 0 Å². The third-order valence-corrected chi connectivity index (χ3v) is 7.17. The average Bonchev–Trinajstić information content (AvgIpc) is 2.94. The van der Waals surface area contributed by atoms with Gasteiger partial charge in [-0.15, -0.1) is 0 Å². The number of rotatable bonds is 4. The van der Waals surface area contributed by atoms with Crippen molar-refractivity contribution in [3.63, 3.8) is 0 Å². The predicted octanol–water partition coefficient (Wildman–Crippen LogP) is 5.72. The summed E-state index contributed by atoms with van der Waals surface area (Å²) >= 11 is 0. The van der Waals surface area contributed by atoms with Crippen molar-refractivity contribution in [2.75, 3.05) is 10.5 Å². The van der Waals surface area contributed by atoms with Crippen molar-refractivity contribution in [2.45, 2.75) is 58.0 Å². The fraction of sp³-hybridized carbons (Fsp3) is 0.360. The summed E-state index contributed by atoms with van der Waals surface area (Å²) in [6.45, 7) is 10.6. The molecule has 0 amide bonds. The van der Waals surface area contributed by atoms with Crippen molar-refractivity contribution in [3.8, 4) is 0 Å². The summed E-state index contributed by atoms with van der Waals surface area (Å²) in [4.78, 5) is 0. The standard InChI is InChI=1S/C25H30B2N2O2/c1-17-12-14-18(15-13-17)16-22(27-30-24(2,3)25(4,5)31-27)26-28-20-10-6-8-19-9-7-11-21(29-26)23(19)20/h6-15,22,28-29H,16H2,1-5H3. The van der Waals surface area contributed by atoms with Crippen molar-refractivity contribution in [1.29, 1.82) is 0 Å². The van der Waals surface area contributed by atoms with Crippen molar-refractivity contribution < 1.29 is 9.31 Å². The Morgan fingerprint density at radius 2 is 1.35 bits per heavy atom. The molecule has 158 valence electrons. The molecule has 2 aliphatic heterocycles. The smallest absolute Gasteiger partial charge is 0.409 e. The van der Waals surface area contributed by atoms with Crippen LogP contribution in [0.2, 0.25) is 5.72 Å². The van der Waals surface area contributed by atoms with Crippen LogP contribution in [0.4, 0.5) is 11.4 Å². The van der Waals surface area contributed by atoms with E-state index in [1.165, 1.54) is 21.9 Å². The van der Waals surface area contributed by atoms with Gasteiger partial charge in [0.25, 0.3) is 0 Å². The van der Waals surface area contributed by atoms with Crippen LogP contribution < -0.4 is 10.5 Å². The van der Waals surface area contributed by atoms with Crippen LogP contribution in [0.15, 0.2) is 60.7 Å². The fourth-order valence-corrected chi connectivity index (χ4v) is 4.60. The maximum Gasteiger partial charge on any atom is 0.457 e. The molecule has 4 nitrogen and oxygen atoms in total. The van der Waals surface area contributed by atoms with E-state index in [2.05, 4.69) is 106 Å². The third kappa shape index (κ3) is 3.62. The summed E-state index contributed by atoms with van der Waals surface area (Å²) in [6.07, 6.45) is 0.847. The van der Waals surface area contributed by atoms with Crippen molar-refractivity contribution in [1.82, 2.24) is 0 Å². The van der Waals surface area contributed by atoms with Gasteiger partial charge in [0, 0.05) is 22.5 Å². The van der Waals surface area contributed by atoms with Gasteiger partial charge in [-0.05, 0) is 64.1 Å². The first-order chi connectivity index (χ1) is 14.7. The van der Waals surface area contributed by atoms with E-state index in [1.54, 1.807) is 0 Å². The van der Waals surface area contributed by atoms with Crippen LogP contribution in [-0.4, -0.2) is 25.3 Å². The molecule has 3 aromatic rings. The van der Waals surface area contributed by atoms with Gasteiger partial charge < -0.3 is 19.8 Å². The molecule has 0 spiro atoms. The maximum absolute atomic E-state index is 6.53. The summed E-state index contributed by atoms with van der Waals surface area (Å²) in [5.41, 5.74) is 4.21. The molecule has 1 fully saturated rings. The van der Waals surface area contributed by atoms with E-state index in [0.717, 1.165) is 17.8 Å². The molecule has 0 saturated carbocycles. The Bertz CT molecular complexity index is 1060. The number of hydrogen-bond acceptors (Lipinski definition) is 4. The van der Waals surface area contributed by atoms with E-state index in [1.807, 2.05) is 0 Å². The normalized spacial score (nSPS) is 19.8. The quantitative estimate of drug-likeness (QED) is 0.539. The van der Waals surface area contributed by atoms with E-state index in [4.69, 9.17) is 9.31 Å².